The Hall–Kier alpha value is -4.14. The van der Waals surface area contributed by atoms with Crippen LogP contribution in [0.1, 0.15) is 34.1 Å². The topological polar surface area (TPSA) is 112 Å². The van der Waals surface area contributed by atoms with E-state index in [-0.39, 0.29) is 30.5 Å². The number of carbonyl (C=O) groups excluding carboxylic acids is 3. The Morgan fingerprint density at radius 3 is 2.32 bits per heavy atom. The van der Waals surface area contributed by atoms with Gasteiger partial charge in [-0.2, -0.15) is 5.10 Å². The molecule has 178 valence electrons. The third kappa shape index (κ3) is 6.22. The molecule has 2 N–H and O–H groups in total. The minimum absolute atomic E-state index is 0.0402. The van der Waals surface area contributed by atoms with Crippen LogP contribution in [0.4, 0.5) is 5.69 Å². The minimum atomic E-state index is -0.657. The van der Waals surface area contributed by atoms with Crippen LogP contribution in [0.2, 0.25) is 0 Å². The van der Waals surface area contributed by atoms with Crippen LogP contribution in [0, 0.1) is 20.8 Å². The standard InChI is InChI=1S/C25H28N4O5/c1-5-33-25(32)24-20(14-29(28-24)19-9-7-6-8-10-19)34-15-22(31)26-13-21(30)27-23-17(3)11-16(2)12-18(23)4/h6-12,14H,5,13,15H2,1-4H3,(H,26,31)(H,27,30). The summed E-state index contributed by atoms with van der Waals surface area (Å²) in [5.41, 5.74) is 4.40. The summed E-state index contributed by atoms with van der Waals surface area (Å²) in [6, 6.07) is 13.1. The summed E-state index contributed by atoms with van der Waals surface area (Å²) in [4.78, 5) is 36.9. The number of nitrogens with zero attached hydrogens (tertiary/aromatic N) is 2. The van der Waals surface area contributed by atoms with E-state index < -0.39 is 18.5 Å². The van der Waals surface area contributed by atoms with Gasteiger partial charge in [-0.25, -0.2) is 9.48 Å². The number of aromatic nitrogens is 2. The highest BCUT2D eigenvalue weighted by Crippen LogP contribution is 2.22. The predicted octanol–water partition coefficient (Wildman–Crippen LogP) is 3.11. The van der Waals surface area contributed by atoms with Crippen molar-refractivity contribution in [3.8, 4) is 11.4 Å². The van der Waals surface area contributed by atoms with E-state index in [1.54, 1.807) is 6.92 Å². The molecule has 0 unspecified atom stereocenters. The van der Waals surface area contributed by atoms with Crippen LogP contribution in [0.3, 0.4) is 0 Å². The molecule has 1 aromatic heterocycles. The largest absolute Gasteiger partial charge is 0.480 e. The minimum Gasteiger partial charge on any atom is -0.480 e. The van der Waals surface area contributed by atoms with Crippen molar-refractivity contribution >= 4 is 23.5 Å². The number of anilines is 1. The zero-order valence-electron chi connectivity index (χ0n) is 19.7. The molecule has 0 aliphatic heterocycles. The second-order valence-electron chi connectivity index (χ2n) is 7.73. The van der Waals surface area contributed by atoms with E-state index in [4.69, 9.17) is 9.47 Å². The highest BCUT2D eigenvalue weighted by molar-refractivity contribution is 5.96. The van der Waals surface area contributed by atoms with Gasteiger partial charge >= 0.3 is 5.97 Å². The first kappa shape index (κ1) is 24.5. The lowest BCUT2D eigenvalue weighted by Gasteiger charge is -2.13. The van der Waals surface area contributed by atoms with Gasteiger partial charge in [0.2, 0.25) is 11.6 Å². The van der Waals surface area contributed by atoms with E-state index in [0.717, 1.165) is 22.4 Å². The van der Waals surface area contributed by atoms with Crippen LogP contribution in [0.5, 0.6) is 5.75 Å². The normalized spacial score (nSPS) is 10.5. The molecule has 9 nitrogen and oxygen atoms in total. The highest BCUT2D eigenvalue weighted by Gasteiger charge is 2.21. The average Bonchev–Trinajstić information content (AvgIpc) is 3.24. The van der Waals surface area contributed by atoms with E-state index in [1.807, 2.05) is 63.2 Å². The van der Waals surface area contributed by atoms with Crippen molar-refractivity contribution in [2.45, 2.75) is 27.7 Å². The fourth-order valence-electron chi connectivity index (χ4n) is 3.45. The van der Waals surface area contributed by atoms with E-state index in [2.05, 4.69) is 15.7 Å². The van der Waals surface area contributed by atoms with Gasteiger partial charge in [-0.05, 0) is 51.0 Å². The van der Waals surface area contributed by atoms with Crippen LogP contribution in [-0.2, 0) is 14.3 Å². The maximum atomic E-state index is 12.3. The number of amides is 2. The number of rotatable bonds is 9. The molecule has 0 saturated heterocycles. The number of hydrogen-bond acceptors (Lipinski definition) is 6. The Morgan fingerprint density at radius 2 is 1.68 bits per heavy atom. The van der Waals surface area contributed by atoms with E-state index >= 15 is 0 Å². The summed E-state index contributed by atoms with van der Waals surface area (Å²) in [5, 5.41) is 9.58. The Kier molecular flexibility index (Phi) is 8.02. The number of aryl methyl sites for hydroxylation is 3. The van der Waals surface area contributed by atoms with Gasteiger partial charge in [0.15, 0.2) is 12.4 Å². The van der Waals surface area contributed by atoms with Crippen molar-refractivity contribution in [3.63, 3.8) is 0 Å². The second-order valence-corrected chi connectivity index (χ2v) is 7.73. The number of para-hydroxylation sites is 1. The van der Waals surface area contributed by atoms with Gasteiger partial charge in [-0.15, -0.1) is 0 Å². The van der Waals surface area contributed by atoms with Crippen molar-refractivity contribution in [1.82, 2.24) is 15.1 Å². The van der Waals surface area contributed by atoms with Crippen LogP contribution < -0.4 is 15.4 Å². The number of esters is 1. The quantitative estimate of drug-likeness (QED) is 0.471. The zero-order valence-corrected chi connectivity index (χ0v) is 19.7. The Labute approximate surface area is 198 Å². The second kappa shape index (κ2) is 11.1. The van der Waals surface area contributed by atoms with E-state index in [0.29, 0.717) is 5.69 Å². The van der Waals surface area contributed by atoms with Gasteiger partial charge in [0.05, 0.1) is 25.0 Å². The molecule has 3 rings (SSSR count). The molecule has 0 bridgehead atoms. The first-order chi connectivity index (χ1) is 16.3. The Morgan fingerprint density at radius 1 is 1.00 bits per heavy atom. The first-order valence-corrected chi connectivity index (χ1v) is 10.9. The summed E-state index contributed by atoms with van der Waals surface area (Å²) < 4.78 is 12.1. The average molecular weight is 465 g/mol. The lowest BCUT2D eigenvalue weighted by molar-refractivity contribution is -0.125. The van der Waals surface area contributed by atoms with Gasteiger partial charge < -0.3 is 20.1 Å². The number of ether oxygens (including phenoxy) is 2. The monoisotopic (exact) mass is 464 g/mol. The molecular weight excluding hydrogens is 436 g/mol. The molecule has 2 aromatic carbocycles. The first-order valence-electron chi connectivity index (χ1n) is 10.9. The summed E-state index contributed by atoms with van der Waals surface area (Å²) in [5.74, 6) is -1.43. The molecule has 0 spiro atoms. The van der Waals surface area contributed by atoms with Gasteiger partial charge in [0.1, 0.15) is 0 Å². The third-order valence-electron chi connectivity index (χ3n) is 4.92. The van der Waals surface area contributed by atoms with Crippen molar-refractivity contribution < 1.29 is 23.9 Å². The smallest absolute Gasteiger partial charge is 0.362 e. The summed E-state index contributed by atoms with van der Waals surface area (Å²) >= 11 is 0. The van der Waals surface area contributed by atoms with Gasteiger partial charge in [0, 0.05) is 5.69 Å². The van der Waals surface area contributed by atoms with Crippen molar-refractivity contribution in [3.05, 3.63) is 71.0 Å². The molecule has 0 fully saturated rings. The molecule has 2 amide bonds. The Balaban J connectivity index is 1.60. The van der Waals surface area contributed by atoms with E-state index in [9.17, 15) is 14.4 Å². The molecule has 0 atom stereocenters. The van der Waals surface area contributed by atoms with Crippen LogP contribution in [0.15, 0.2) is 48.7 Å². The predicted molar refractivity (Wildman–Crippen MR) is 127 cm³/mol. The fraction of sp³-hybridized carbons (Fsp3) is 0.280. The molecular formula is C25H28N4O5. The fourth-order valence-corrected chi connectivity index (χ4v) is 3.45. The van der Waals surface area contributed by atoms with Crippen molar-refractivity contribution in [1.29, 1.82) is 0 Å². The molecule has 1 heterocycles. The molecule has 0 radical (unpaired) electrons. The van der Waals surface area contributed by atoms with Crippen LogP contribution in [0.25, 0.3) is 5.69 Å². The molecule has 0 saturated carbocycles. The number of benzene rings is 2. The highest BCUT2D eigenvalue weighted by atomic mass is 16.5. The van der Waals surface area contributed by atoms with Gasteiger partial charge in [-0.3, -0.25) is 9.59 Å². The Bertz CT molecular complexity index is 1160. The lowest BCUT2D eigenvalue weighted by atomic mass is 10.1. The van der Waals surface area contributed by atoms with E-state index in [1.165, 1.54) is 10.9 Å². The van der Waals surface area contributed by atoms with Crippen LogP contribution in [-0.4, -0.2) is 47.3 Å². The lowest BCUT2D eigenvalue weighted by Crippen LogP contribution is -2.36. The van der Waals surface area contributed by atoms with Crippen molar-refractivity contribution in [2.24, 2.45) is 0 Å². The number of carbonyl (C=O) groups is 3. The maximum Gasteiger partial charge on any atom is 0.362 e. The molecule has 34 heavy (non-hydrogen) atoms. The molecule has 3 aromatic rings. The van der Waals surface area contributed by atoms with Gasteiger partial charge in [0.25, 0.3) is 5.91 Å². The van der Waals surface area contributed by atoms with Crippen molar-refractivity contribution in [2.75, 3.05) is 25.1 Å². The number of hydrogen-bond donors (Lipinski definition) is 2. The molecule has 0 aliphatic rings. The summed E-state index contributed by atoms with van der Waals surface area (Å²) in [7, 11) is 0. The number of nitrogens with one attached hydrogen (secondary N) is 2. The summed E-state index contributed by atoms with van der Waals surface area (Å²) in [6.45, 7) is 7.06. The van der Waals surface area contributed by atoms with Gasteiger partial charge in [-0.1, -0.05) is 35.9 Å². The van der Waals surface area contributed by atoms with Crippen LogP contribution >= 0.6 is 0 Å². The third-order valence-corrected chi connectivity index (χ3v) is 4.92. The summed E-state index contributed by atoms with van der Waals surface area (Å²) in [6.07, 6.45) is 1.50. The maximum absolute atomic E-state index is 12.3. The SMILES string of the molecule is CCOC(=O)c1nn(-c2ccccc2)cc1OCC(=O)NCC(=O)Nc1c(C)cc(C)cc1C. The zero-order chi connectivity index (χ0) is 24.7. The molecule has 9 heteroatoms. The molecule has 0 aliphatic carbocycles.